The first-order chi connectivity index (χ1) is 9.85. The maximum absolute atomic E-state index is 10.6. The molecule has 2 nitrogen and oxygen atoms in total. The molecule has 1 N–H and O–H groups in total. The summed E-state index contributed by atoms with van der Waals surface area (Å²) in [5, 5.41) is 10.6. The van der Waals surface area contributed by atoms with Gasteiger partial charge in [0.15, 0.2) is 0 Å². The van der Waals surface area contributed by atoms with Gasteiger partial charge in [-0.05, 0) is 56.4 Å². The van der Waals surface area contributed by atoms with Crippen molar-refractivity contribution in [2.75, 3.05) is 7.05 Å². The maximum atomic E-state index is 10.6. The summed E-state index contributed by atoms with van der Waals surface area (Å²) in [5.41, 5.74) is 0.416. The summed E-state index contributed by atoms with van der Waals surface area (Å²) in [7, 11) is 2.28. The topological polar surface area (TPSA) is 23.5 Å². The van der Waals surface area contributed by atoms with Gasteiger partial charge < -0.3 is 5.11 Å². The number of aliphatic hydroxyl groups is 1. The lowest BCUT2D eigenvalue weighted by molar-refractivity contribution is -0.0337. The summed E-state index contributed by atoms with van der Waals surface area (Å²) in [6.45, 7) is 9.52. The molecule has 0 aromatic heterocycles. The van der Waals surface area contributed by atoms with Gasteiger partial charge in [-0.25, -0.2) is 0 Å². The highest BCUT2D eigenvalue weighted by Gasteiger charge is 2.40. The Hall–Kier alpha value is -0.0800. The number of aliphatic hydroxyl groups excluding tert-OH is 1. The van der Waals surface area contributed by atoms with Crippen LogP contribution < -0.4 is 0 Å². The van der Waals surface area contributed by atoms with Gasteiger partial charge in [0.2, 0.25) is 0 Å². The molecule has 0 bridgehead atoms. The molecule has 5 atom stereocenters. The Labute approximate surface area is 132 Å². The van der Waals surface area contributed by atoms with Crippen molar-refractivity contribution in [1.29, 1.82) is 0 Å². The van der Waals surface area contributed by atoms with E-state index in [1.165, 1.54) is 44.9 Å². The van der Waals surface area contributed by atoms with Gasteiger partial charge in [0.25, 0.3) is 0 Å². The third-order valence-corrected chi connectivity index (χ3v) is 6.81. The monoisotopic (exact) mass is 295 g/mol. The number of likely N-dealkylation sites (N-methyl/N-ethyl adjacent to an activating group) is 1. The lowest BCUT2D eigenvalue weighted by atomic mass is 9.67. The van der Waals surface area contributed by atoms with Crippen LogP contribution in [0.3, 0.4) is 0 Å². The molecule has 2 aliphatic rings. The predicted octanol–water partition coefficient (Wildman–Crippen LogP) is 4.46. The molecule has 5 unspecified atom stereocenters. The molecular formula is C19H37NO. The van der Waals surface area contributed by atoms with Crippen LogP contribution in [0.5, 0.6) is 0 Å². The lowest BCUT2D eigenvalue weighted by Gasteiger charge is -2.47. The Balaban J connectivity index is 2.02. The zero-order valence-electron chi connectivity index (χ0n) is 14.9. The minimum absolute atomic E-state index is 0.115. The van der Waals surface area contributed by atoms with E-state index >= 15 is 0 Å². The van der Waals surface area contributed by atoms with Crippen LogP contribution in [0, 0.1) is 17.3 Å². The summed E-state index contributed by atoms with van der Waals surface area (Å²) < 4.78 is 0. The number of nitrogens with zero attached hydrogens (tertiary/aromatic N) is 1. The second kappa shape index (κ2) is 7.00. The third-order valence-electron chi connectivity index (χ3n) is 6.81. The fourth-order valence-electron chi connectivity index (χ4n) is 4.61. The van der Waals surface area contributed by atoms with Crippen molar-refractivity contribution in [3.8, 4) is 0 Å². The molecule has 0 saturated heterocycles. The normalized spacial score (nSPS) is 38.7. The van der Waals surface area contributed by atoms with Crippen molar-refractivity contribution in [2.24, 2.45) is 17.3 Å². The average Bonchev–Trinajstić information content (AvgIpc) is 2.47. The molecular weight excluding hydrogens is 258 g/mol. The quantitative estimate of drug-likeness (QED) is 0.827. The molecule has 0 radical (unpaired) electrons. The second-order valence-electron chi connectivity index (χ2n) is 8.58. The fourth-order valence-corrected chi connectivity index (χ4v) is 4.61. The van der Waals surface area contributed by atoms with E-state index in [-0.39, 0.29) is 6.10 Å². The molecule has 2 aliphatic carbocycles. The number of hydrogen-bond donors (Lipinski definition) is 1. The molecule has 0 heterocycles. The lowest BCUT2D eigenvalue weighted by Crippen LogP contribution is -2.52. The highest BCUT2D eigenvalue weighted by Crippen LogP contribution is 2.42. The molecule has 124 valence electrons. The van der Waals surface area contributed by atoms with Crippen LogP contribution in [0.2, 0.25) is 0 Å². The summed E-state index contributed by atoms with van der Waals surface area (Å²) in [5.74, 6) is 1.62. The average molecular weight is 296 g/mol. The van der Waals surface area contributed by atoms with Crippen LogP contribution in [0.15, 0.2) is 0 Å². The highest BCUT2D eigenvalue weighted by atomic mass is 16.3. The van der Waals surface area contributed by atoms with E-state index < -0.39 is 0 Å². The molecule has 0 spiro atoms. The van der Waals surface area contributed by atoms with Gasteiger partial charge in [0, 0.05) is 12.1 Å². The molecule has 0 amide bonds. The highest BCUT2D eigenvalue weighted by molar-refractivity contribution is 4.93. The van der Waals surface area contributed by atoms with E-state index in [0.717, 1.165) is 18.3 Å². The zero-order valence-corrected chi connectivity index (χ0v) is 14.9. The van der Waals surface area contributed by atoms with Crippen molar-refractivity contribution < 1.29 is 5.11 Å². The van der Waals surface area contributed by atoms with Gasteiger partial charge in [0.05, 0.1) is 6.10 Å². The van der Waals surface area contributed by atoms with E-state index in [2.05, 4.69) is 39.6 Å². The maximum Gasteiger partial charge on any atom is 0.0695 e. The van der Waals surface area contributed by atoms with E-state index in [0.29, 0.717) is 17.5 Å². The molecule has 0 aromatic carbocycles. The number of hydrogen-bond acceptors (Lipinski definition) is 2. The van der Waals surface area contributed by atoms with Crippen molar-refractivity contribution in [3.63, 3.8) is 0 Å². The predicted molar refractivity (Wildman–Crippen MR) is 90.4 cm³/mol. The first-order valence-corrected chi connectivity index (χ1v) is 9.25. The third kappa shape index (κ3) is 4.01. The van der Waals surface area contributed by atoms with Gasteiger partial charge >= 0.3 is 0 Å². The first kappa shape index (κ1) is 17.3. The Morgan fingerprint density at radius 1 is 1.10 bits per heavy atom. The molecule has 2 saturated carbocycles. The standard InChI is InChI=1S/C19H37NO/c1-6-19(3,4)15-10-11-18(21)17(13-15)20(5)16-9-7-8-14(2)12-16/h14-18,21H,6-13H2,1-5H3. The summed E-state index contributed by atoms with van der Waals surface area (Å²) in [6.07, 6.45) is 9.91. The van der Waals surface area contributed by atoms with Crippen LogP contribution in [-0.4, -0.2) is 35.2 Å². The molecule has 2 fully saturated rings. The van der Waals surface area contributed by atoms with Gasteiger partial charge in [-0.1, -0.05) is 47.0 Å². The van der Waals surface area contributed by atoms with Crippen molar-refractivity contribution in [2.45, 2.75) is 97.2 Å². The molecule has 21 heavy (non-hydrogen) atoms. The fraction of sp³-hybridized carbons (Fsp3) is 1.00. The second-order valence-corrected chi connectivity index (χ2v) is 8.58. The number of rotatable bonds is 4. The smallest absolute Gasteiger partial charge is 0.0695 e. The minimum atomic E-state index is -0.115. The molecule has 0 aliphatic heterocycles. The van der Waals surface area contributed by atoms with Gasteiger partial charge in [-0.15, -0.1) is 0 Å². The van der Waals surface area contributed by atoms with Gasteiger partial charge in [0.1, 0.15) is 0 Å². The zero-order chi connectivity index (χ0) is 15.6. The summed E-state index contributed by atoms with van der Waals surface area (Å²) >= 11 is 0. The van der Waals surface area contributed by atoms with Gasteiger partial charge in [-0.2, -0.15) is 0 Å². The Morgan fingerprint density at radius 3 is 2.43 bits per heavy atom. The van der Waals surface area contributed by atoms with E-state index in [1.807, 2.05) is 0 Å². The largest absolute Gasteiger partial charge is 0.391 e. The molecule has 0 aromatic rings. The van der Waals surface area contributed by atoms with Crippen molar-refractivity contribution in [1.82, 2.24) is 4.90 Å². The van der Waals surface area contributed by atoms with Crippen LogP contribution in [0.25, 0.3) is 0 Å². The Morgan fingerprint density at radius 2 is 1.81 bits per heavy atom. The van der Waals surface area contributed by atoms with E-state index in [4.69, 9.17) is 0 Å². The van der Waals surface area contributed by atoms with Crippen molar-refractivity contribution >= 4 is 0 Å². The van der Waals surface area contributed by atoms with Crippen LogP contribution in [0.4, 0.5) is 0 Å². The van der Waals surface area contributed by atoms with Crippen LogP contribution in [0.1, 0.15) is 79.1 Å². The van der Waals surface area contributed by atoms with E-state index in [9.17, 15) is 5.11 Å². The molecule has 2 heteroatoms. The summed E-state index contributed by atoms with van der Waals surface area (Å²) in [4.78, 5) is 2.55. The SMILES string of the molecule is CCC(C)(C)C1CCC(O)C(N(C)C2CCCC(C)C2)C1. The van der Waals surface area contributed by atoms with Gasteiger partial charge in [-0.3, -0.25) is 4.90 Å². The first-order valence-electron chi connectivity index (χ1n) is 9.25. The van der Waals surface area contributed by atoms with Crippen molar-refractivity contribution in [3.05, 3.63) is 0 Å². The van der Waals surface area contributed by atoms with Crippen LogP contribution in [-0.2, 0) is 0 Å². The Bertz CT molecular complexity index is 328. The minimum Gasteiger partial charge on any atom is -0.391 e. The Kier molecular flexibility index (Phi) is 5.76. The summed E-state index contributed by atoms with van der Waals surface area (Å²) in [6, 6.07) is 1.07. The van der Waals surface area contributed by atoms with E-state index in [1.54, 1.807) is 0 Å². The molecule has 2 rings (SSSR count). The van der Waals surface area contributed by atoms with Crippen LogP contribution >= 0.6 is 0 Å².